The SMILES string of the molecule is CC(=O)Nc1ccc(S(=O)(=O)N[C@@H](C)C(=O)N2CCCC(C(=O)Nc3cccc(C)n3)C2)cc1. The molecule has 3 amide bonds. The highest BCUT2D eigenvalue weighted by Crippen LogP contribution is 2.20. The summed E-state index contributed by atoms with van der Waals surface area (Å²) in [5.41, 5.74) is 1.25. The third-order valence-corrected chi connectivity index (χ3v) is 6.99. The number of hydrogen-bond acceptors (Lipinski definition) is 6. The van der Waals surface area contributed by atoms with E-state index in [9.17, 15) is 22.8 Å². The average molecular weight is 488 g/mol. The summed E-state index contributed by atoms with van der Waals surface area (Å²) in [5.74, 6) is -0.839. The van der Waals surface area contributed by atoms with Crippen LogP contribution in [-0.4, -0.2) is 55.2 Å². The lowest BCUT2D eigenvalue weighted by molar-refractivity contribution is -0.135. The van der Waals surface area contributed by atoms with E-state index in [1.807, 2.05) is 13.0 Å². The number of piperidine rings is 1. The molecule has 34 heavy (non-hydrogen) atoms. The van der Waals surface area contributed by atoms with Crippen molar-refractivity contribution in [2.24, 2.45) is 5.92 Å². The van der Waals surface area contributed by atoms with Crippen LogP contribution in [0.5, 0.6) is 0 Å². The Morgan fingerprint density at radius 3 is 2.44 bits per heavy atom. The fraction of sp³-hybridized carbons (Fsp3) is 0.391. The molecule has 1 unspecified atom stereocenters. The summed E-state index contributed by atoms with van der Waals surface area (Å²) < 4.78 is 27.9. The highest BCUT2D eigenvalue weighted by atomic mass is 32.2. The number of benzene rings is 1. The molecule has 2 heterocycles. The van der Waals surface area contributed by atoms with Crippen LogP contribution in [0.4, 0.5) is 11.5 Å². The predicted molar refractivity (Wildman–Crippen MR) is 127 cm³/mol. The summed E-state index contributed by atoms with van der Waals surface area (Å²) in [7, 11) is -3.96. The number of aromatic nitrogens is 1. The van der Waals surface area contributed by atoms with Gasteiger partial charge in [0.25, 0.3) is 0 Å². The molecular formula is C23H29N5O5S. The second-order valence-electron chi connectivity index (χ2n) is 8.33. The van der Waals surface area contributed by atoms with Crippen LogP contribution in [0.25, 0.3) is 0 Å². The number of nitrogens with zero attached hydrogens (tertiary/aromatic N) is 2. The van der Waals surface area contributed by atoms with Gasteiger partial charge in [-0.2, -0.15) is 4.72 Å². The van der Waals surface area contributed by atoms with Crippen LogP contribution < -0.4 is 15.4 Å². The van der Waals surface area contributed by atoms with Crippen molar-refractivity contribution >= 4 is 39.3 Å². The molecule has 1 fully saturated rings. The molecule has 1 aromatic heterocycles. The standard InChI is InChI=1S/C23H29N5O5S/c1-15-6-4-8-21(24-15)26-22(30)18-7-5-13-28(14-18)23(31)16(2)27-34(32,33)20-11-9-19(10-12-20)25-17(3)29/h4,6,8-12,16,18,27H,5,7,13-14H2,1-3H3,(H,25,29)(H,24,26,30)/t16-,18?/m0/s1. The molecule has 2 aromatic rings. The Morgan fingerprint density at radius 2 is 1.79 bits per heavy atom. The minimum absolute atomic E-state index is 0.0252. The van der Waals surface area contributed by atoms with Gasteiger partial charge in [0.1, 0.15) is 5.82 Å². The molecular weight excluding hydrogens is 458 g/mol. The molecule has 2 atom stereocenters. The molecule has 10 nitrogen and oxygen atoms in total. The van der Waals surface area contributed by atoms with E-state index >= 15 is 0 Å². The Kier molecular flexibility index (Phi) is 8.00. The molecule has 0 aliphatic carbocycles. The number of nitrogens with one attached hydrogen (secondary N) is 3. The second-order valence-corrected chi connectivity index (χ2v) is 10.0. The fourth-order valence-corrected chi connectivity index (χ4v) is 4.97. The number of carbonyl (C=O) groups excluding carboxylic acids is 3. The zero-order valence-electron chi connectivity index (χ0n) is 19.4. The number of carbonyl (C=O) groups is 3. The van der Waals surface area contributed by atoms with Gasteiger partial charge in [-0.05, 0) is 63.1 Å². The third kappa shape index (κ3) is 6.61. The van der Waals surface area contributed by atoms with Gasteiger partial charge < -0.3 is 15.5 Å². The molecule has 3 rings (SSSR count). The Hall–Kier alpha value is -3.31. The van der Waals surface area contributed by atoms with Crippen LogP contribution in [0.15, 0.2) is 47.4 Å². The molecule has 182 valence electrons. The van der Waals surface area contributed by atoms with Gasteiger partial charge in [-0.3, -0.25) is 14.4 Å². The topological polar surface area (TPSA) is 138 Å². The first-order valence-electron chi connectivity index (χ1n) is 11.0. The molecule has 0 bridgehead atoms. The minimum Gasteiger partial charge on any atom is -0.341 e. The Labute approximate surface area is 199 Å². The molecule has 1 aliphatic heterocycles. The van der Waals surface area contributed by atoms with Crippen molar-refractivity contribution in [3.8, 4) is 0 Å². The lowest BCUT2D eigenvalue weighted by atomic mass is 9.96. The van der Waals surface area contributed by atoms with Crippen LogP contribution in [0.3, 0.4) is 0 Å². The van der Waals surface area contributed by atoms with Crippen molar-refractivity contribution in [3.63, 3.8) is 0 Å². The van der Waals surface area contributed by atoms with Gasteiger partial charge in [-0.25, -0.2) is 13.4 Å². The van der Waals surface area contributed by atoms with Crippen molar-refractivity contribution in [3.05, 3.63) is 48.2 Å². The number of hydrogen-bond donors (Lipinski definition) is 3. The number of rotatable bonds is 7. The Morgan fingerprint density at radius 1 is 1.09 bits per heavy atom. The third-order valence-electron chi connectivity index (χ3n) is 5.43. The normalized spacial score (nSPS) is 17.0. The largest absolute Gasteiger partial charge is 0.341 e. The predicted octanol–water partition coefficient (Wildman–Crippen LogP) is 1.89. The van der Waals surface area contributed by atoms with Crippen LogP contribution in [-0.2, 0) is 24.4 Å². The van der Waals surface area contributed by atoms with Gasteiger partial charge in [0.2, 0.25) is 27.7 Å². The molecule has 1 aliphatic rings. The van der Waals surface area contributed by atoms with E-state index in [4.69, 9.17) is 0 Å². The number of likely N-dealkylation sites (tertiary alicyclic amines) is 1. The zero-order valence-corrected chi connectivity index (χ0v) is 20.2. The van der Waals surface area contributed by atoms with Crippen molar-refractivity contribution in [2.45, 2.75) is 44.6 Å². The average Bonchev–Trinajstić information content (AvgIpc) is 2.78. The lowest BCUT2D eigenvalue weighted by Gasteiger charge is -2.33. The first-order valence-corrected chi connectivity index (χ1v) is 12.5. The van der Waals surface area contributed by atoms with Crippen molar-refractivity contribution in [1.29, 1.82) is 0 Å². The molecule has 3 N–H and O–H groups in total. The molecule has 1 saturated heterocycles. The van der Waals surface area contributed by atoms with Crippen molar-refractivity contribution in [1.82, 2.24) is 14.6 Å². The number of amides is 3. The van der Waals surface area contributed by atoms with Gasteiger partial charge in [0.05, 0.1) is 16.9 Å². The van der Waals surface area contributed by atoms with Gasteiger partial charge >= 0.3 is 0 Å². The maximum absolute atomic E-state index is 13.0. The van der Waals surface area contributed by atoms with E-state index in [-0.39, 0.29) is 23.3 Å². The van der Waals surface area contributed by atoms with E-state index in [0.29, 0.717) is 30.9 Å². The monoisotopic (exact) mass is 487 g/mol. The first-order chi connectivity index (χ1) is 16.0. The van der Waals surface area contributed by atoms with Crippen LogP contribution >= 0.6 is 0 Å². The quantitative estimate of drug-likeness (QED) is 0.545. The summed E-state index contributed by atoms with van der Waals surface area (Å²) in [4.78, 5) is 42.5. The number of aryl methyl sites for hydroxylation is 1. The molecule has 11 heteroatoms. The van der Waals surface area contributed by atoms with E-state index < -0.39 is 27.9 Å². The number of pyridine rings is 1. The van der Waals surface area contributed by atoms with Crippen molar-refractivity contribution in [2.75, 3.05) is 23.7 Å². The smallest absolute Gasteiger partial charge is 0.241 e. The summed E-state index contributed by atoms with van der Waals surface area (Å²) in [6.07, 6.45) is 1.26. The maximum Gasteiger partial charge on any atom is 0.241 e. The molecule has 0 saturated carbocycles. The second kappa shape index (κ2) is 10.7. The van der Waals surface area contributed by atoms with E-state index in [1.54, 1.807) is 12.1 Å². The van der Waals surface area contributed by atoms with E-state index in [1.165, 1.54) is 43.0 Å². The summed E-state index contributed by atoms with van der Waals surface area (Å²) >= 11 is 0. The molecule has 0 radical (unpaired) electrons. The lowest BCUT2D eigenvalue weighted by Crippen LogP contribution is -2.51. The summed E-state index contributed by atoms with van der Waals surface area (Å²) in [5, 5.41) is 5.36. The van der Waals surface area contributed by atoms with Gasteiger partial charge in [-0.15, -0.1) is 0 Å². The van der Waals surface area contributed by atoms with Gasteiger partial charge in [0, 0.05) is 31.4 Å². The highest BCUT2D eigenvalue weighted by Gasteiger charge is 2.32. The van der Waals surface area contributed by atoms with Gasteiger partial charge in [-0.1, -0.05) is 6.07 Å². The van der Waals surface area contributed by atoms with Crippen molar-refractivity contribution < 1.29 is 22.8 Å². The van der Waals surface area contributed by atoms with Crippen LogP contribution in [0.2, 0.25) is 0 Å². The fourth-order valence-electron chi connectivity index (χ4n) is 3.78. The summed E-state index contributed by atoms with van der Waals surface area (Å²) in [6.45, 7) is 5.31. The Balaban J connectivity index is 1.60. The molecule has 1 aromatic carbocycles. The number of anilines is 2. The van der Waals surface area contributed by atoms with E-state index in [2.05, 4.69) is 20.3 Å². The minimum atomic E-state index is -3.96. The van der Waals surface area contributed by atoms with Crippen LogP contribution in [0.1, 0.15) is 32.4 Å². The highest BCUT2D eigenvalue weighted by molar-refractivity contribution is 7.89. The molecule has 0 spiro atoms. The maximum atomic E-state index is 13.0. The Bertz CT molecular complexity index is 1170. The first kappa shape index (κ1) is 25.3. The number of sulfonamides is 1. The summed E-state index contributed by atoms with van der Waals surface area (Å²) in [6, 6.07) is 9.97. The van der Waals surface area contributed by atoms with Gasteiger partial charge in [0.15, 0.2) is 0 Å². The van der Waals surface area contributed by atoms with Crippen LogP contribution in [0, 0.1) is 12.8 Å². The zero-order chi connectivity index (χ0) is 24.9. The van der Waals surface area contributed by atoms with E-state index in [0.717, 1.165) is 5.69 Å².